The Morgan fingerprint density at radius 1 is 1.48 bits per heavy atom. The summed E-state index contributed by atoms with van der Waals surface area (Å²) in [6.45, 7) is 3.92. The molecule has 0 radical (unpaired) electrons. The summed E-state index contributed by atoms with van der Waals surface area (Å²) in [7, 11) is -2.15. The Balaban J connectivity index is 2.32. The minimum atomic E-state index is -3.58. The first-order chi connectivity index (χ1) is 11.8. The molecular formula is C18H22N2O4S. The van der Waals surface area contributed by atoms with E-state index in [2.05, 4.69) is 16.8 Å². The topological polar surface area (TPSA) is 84.5 Å². The minimum Gasteiger partial charge on any atom is -0.495 e. The summed E-state index contributed by atoms with van der Waals surface area (Å²) in [6, 6.07) is 4.91. The van der Waals surface area contributed by atoms with Crippen LogP contribution in [0.5, 0.6) is 5.75 Å². The van der Waals surface area contributed by atoms with Gasteiger partial charge in [0.1, 0.15) is 16.4 Å². The van der Waals surface area contributed by atoms with Crippen molar-refractivity contribution in [1.29, 1.82) is 0 Å². The summed E-state index contributed by atoms with van der Waals surface area (Å²) in [5, 5.41) is 0. The van der Waals surface area contributed by atoms with Crippen molar-refractivity contribution in [3.63, 3.8) is 0 Å². The largest absolute Gasteiger partial charge is 0.495 e. The number of hydrazine groups is 1. The second-order valence-corrected chi connectivity index (χ2v) is 8.04. The Labute approximate surface area is 148 Å². The third-order valence-electron chi connectivity index (χ3n) is 4.16. The SMILES string of the molecule is C#CCS(=O)(=O)c1ccc(/C(C)=C/C2NNC(=O)CC2C)cc1OC. The maximum atomic E-state index is 12.2. The average molecular weight is 362 g/mol. The van der Waals surface area contributed by atoms with Gasteiger partial charge in [0.15, 0.2) is 9.84 Å². The summed E-state index contributed by atoms with van der Waals surface area (Å²) >= 11 is 0. The van der Waals surface area contributed by atoms with Crippen LogP contribution in [0.4, 0.5) is 0 Å². The molecule has 6 nitrogen and oxygen atoms in total. The van der Waals surface area contributed by atoms with Crippen LogP contribution in [0.3, 0.4) is 0 Å². The van der Waals surface area contributed by atoms with Crippen molar-refractivity contribution in [3.05, 3.63) is 29.8 Å². The second kappa shape index (κ2) is 7.72. The molecule has 1 aliphatic rings. The predicted octanol–water partition coefficient (Wildman–Crippen LogP) is 1.53. The Morgan fingerprint density at radius 2 is 2.20 bits per heavy atom. The third kappa shape index (κ3) is 4.41. The highest BCUT2D eigenvalue weighted by atomic mass is 32.2. The first-order valence-corrected chi connectivity index (χ1v) is 9.51. The molecule has 2 unspecified atom stereocenters. The summed E-state index contributed by atoms with van der Waals surface area (Å²) in [5.74, 6) is 2.17. The van der Waals surface area contributed by atoms with E-state index in [9.17, 15) is 13.2 Å². The zero-order valence-electron chi connectivity index (χ0n) is 14.5. The molecule has 1 saturated heterocycles. The van der Waals surface area contributed by atoms with Crippen molar-refractivity contribution in [2.45, 2.75) is 31.2 Å². The van der Waals surface area contributed by atoms with E-state index in [0.717, 1.165) is 11.1 Å². The van der Waals surface area contributed by atoms with Gasteiger partial charge in [-0.1, -0.05) is 25.0 Å². The smallest absolute Gasteiger partial charge is 0.234 e. The van der Waals surface area contributed by atoms with Crippen LogP contribution in [-0.2, 0) is 14.6 Å². The molecule has 0 bridgehead atoms. The average Bonchev–Trinajstić information content (AvgIpc) is 2.56. The molecule has 0 spiro atoms. The van der Waals surface area contributed by atoms with Crippen molar-refractivity contribution in [2.24, 2.45) is 5.92 Å². The van der Waals surface area contributed by atoms with Crippen LogP contribution >= 0.6 is 0 Å². The van der Waals surface area contributed by atoms with Crippen LogP contribution in [0.25, 0.3) is 5.57 Å². The lowest BCUT2D eigenvalue weighted by atomic mass is 9.93. The van der Waals surface area contributed by atoms with Gasteiger partial charge in [-0.2, -0.15) is 0 Å². The molecule has 1 aromatic carbocycles. The van der Waals surface area contributed by atoms with Crippen molar-refractivity contribution in [1.82, 2.24) is 10.9 Å². The third-order valence-corrected chi connectivity index (χ3v) is 5.71. The number of rotatable bonds is 5. The molecule has 1 aliphatic heterocycles. The number of benzene rings is 1. The van der Waals surface area contributed by atoms with Crippen LogP contribution < -0.4 is 15.6 Å². The van der Waals surface area contributed by atoms with E-state index in [1.165, 1.54) is 13.2 Å². The molecule has 134 valence electrons. The van der Waals surface area contributed by atoms with Gasteiger partial charge in [0.05, 0.1) is 7.11 Å². The lowest BCUT2D eigenvalue weighted by Gasteiger charge is -2.28. The molecule has 2 rings (SSSR count). The normalized spacial score (nSPS) is 21.4. The number of carbonyl (C=O) groups excluding carboxylic acids is 1. The molecule has 1 heterocycles. The maximum Gasteiger partial charge on any atom is 0.234 e. The Kier molecular flexibility index (Phi) is 5.88. The van der Waals surface area contributed by atoms with Crippen LogP contribution in [0.15, 0.2) is 29.2 Å². The number of hydrogen-bond donors (Lipinski definition) is 2. The lowest BCUT2D eigenvalue weighted by Crippen LogP contribution is -2.52. The maximum absolute atomic E-state index is 12.2. The monoisotopic (exact) mass is 362 g/mol. The molecule has 2 atom stereocenters. The zero-order valence-corrected chi connectivity index (χ0v) is 15.3. The predicted molar refractivity (Wildman–Crippen MR) is 96.4 cm³/mol. The standard InChI is InChI=1S/C18H22N2O4S/c1-5-8-25(22,23)17-7-6-14(11-16(17)24-4)12(2)9-15-13(3)10-18(21)20-19-15/h1,6-7,9,11,13,15,19H,8,10H2,2-4H3,(H,20,21)/b12-9+. The number of methoxy groups -OCH3 is 1. The zero-order chi connectivity index (χ0) is 18.6. The van der Waals surface area contributed by atoms with Gasteiger partial charge >= 0.3 is 0 Å². The van der Waals surface area contributed by atoms with Gasteiger partial charge in [-0.25, -0.2) is 13.8 Å². The second-order valence-electron chi connectivity index (χ2n) is 6.08. The number of terminal acetylenes is 1. The highest BCUT2D eigenvalue weighted by Gasteiger charge is 2.24. The van der Waals surface area contributed by atoms with Gasteiger partial charge in [0.25, 0.3) is 0 Å². The molecule has 1 aromatic rings. The van der Waals surface area contributed by atoms with Crippen molar-refractivity contribution >= 4 is 21.3 Å². The summed E-state index contributed by atoms with van der Waals surface area (Å²) < 4.78 is 29.6. The van der Waals surface area contributed by atoms with Crippen molar-refractivity contribution < 1.29 is 17.9 Å². The Morgan fingerprint density at radius 3 is 2.80 bits per heavy atom. The van der Waals surface area contributed by atoms with Crippen LogP contribution in [0, 0.1) is 18.3 Å². The van der Waals surface area contributed by atoms with Crippen molar-refractivity contribution in [3.8, 4) is 18.1 Å². The molecule has 7 heteroatoms. The van der Waals surface area contributed by atoms with E-state index in [1.54, 1.807) is 12.1 Å². The fraction of sp³-hybridized carbons (Fsp3) is 0.389. The quantitative estimate of drug-likeness (QED) is 0.776. The summed E-state index contributed by atoms with van der Waals surface area (Å²) in [6.07, 6.45) is 7.59. The van der Waals surface area contributed by atoms with Crippen LogP contribution in [0.1, 0.15) is 25.8 Å². The van der Waals surface area contributed by atoms with Crippen molar-refractivity contribution in [2.75, 3.05) is 12.9 Å². The van der Waals surface area contributed by atoms with Gasteiger partial charge < -0.3 is 4.74 Å². The summed E-state index contributed by atoms with van der Waals surface area (Å²) in [5.41, 5.74) is 7.38. The van der Waals surface area contributed by atoms with E-state index in [4.69, 9.17) is 11.2 Å². The molecule has 1 fully saturated rings. The number of hydrogen-bond acceptors (Lipinski definition) is 5. The molecule has 1 amide bonds. The highest BCUT2D eigenvalue weighted by molar-refractivity contribution is 7.91. The number of amides is 1. The number of ether oxygens (including phenoxy) is 1. The van der Waals surface area contributed by atoms with E-state index in [-0.39, 0.29) is 34.3 Å². The van der Waals surface area contributed by atoms with Gasteiger partial charge in [0, 0.05) is 12.5 Å². The number of nitrogens with one attached hydrogen (secondary N) is 2. The number of carbonyl (C=O) groups is 1. The highest BCUT2D eigenvalue weighted by Crippen LogP contribution is 2.29. The van der Waals surface area contributed by atoms with Gasteiger partial charge in [0.2, 0.25) is 5.91 Å². The molecule has 2 N–H and O–H groups in total. The fourth-order valence-electron chi connectivity index (χ4n) is 2.71. The lowest BCUT2D eigenvalue weighted by molar-refractivity contribution is -0.125. The molecule has 0 saturated carbocycles. The minimum absolute atomic E-state index is 0.00598. The van der Waals surface area contributed by atoms with Gasteiger partial charge in [-0.3, -0.25) is 10.2 Å². The molecule has 25 heavy (non-hydrogen) atoms. The Hall–Kier alpha value is -2.30. The van der Waals surface area contributed by atoms with E-state index in [1.807, 2.05) is 19.9 Å². The molecule has 0 aromatic heterocycles. The van der Waals surface area contributed by atoms with E-state index >= 15 is 0 Å². The Bertz CT molecular complexity index is 837. The van der Waals surface area contributed by atoms with Crippen LogP contribution in [0.2, 0.25) is 0 Å². The van der Waals surface area contributed by atoms with Gasteiger partial charge in [-0.15, -0.1) is 6.42 Å². The number of allylic oxidation sites excluding steroid dienone is 1. The fourth-order valence-corrected chi connectivity index (χ4v) is 3.80. The first-order valence-electron chi connectivity index (χ1n) is 7.86. The summed E-state index contributed by atoms with van der Waals surface area (Å²) in [4.78, 5) is 11.4. The van der Waals surface area contributed by atoms with E-state index in [0.29, 0.717) is 6.42 Å². The van der Waals surface area contributed by atoms with Crippen LogP contribution in [-0.4, -0.2) is 33.2 Å². The number of sulfone groups is 1. The molecule has 0 aliphatic carbocycles. The molecular weight excluding hydrogens is 340 g/mol. The van der Waals surface area contributed by atoms with Gasteiger partial charge in [-0.05, 0) is 36.1 Å². The van der Waals surface area contributed by atoms with E-state index < -0.39 is 9.84 Å². The first kappa shape index (κ1) is 19.0.